The van der Waals surface area contributed by atoms with Crippen LogP contribution in [0.15, 0.2) is 8.83 Å². The fourth-order valence-corrected chi connectivity index (χ4v) is 3.62. The van der Waals surface area contributed by atoms with Gasteiger partial charge in [0, 0.05) is 24.7 Å². The van der Waals surface area contributed by atoms with E-state index in [2.05, 4.69) is 41.5 Å². The van der Waals surface area contributed by atoms with Gasteiger partial charge in [-0.2, -0.15) is 0 Å². The molecule has 2 unspecified atom stereocenters. The highest BCUT2D eigenvalue weighted by Gasteiger charge is 2.20. The molecule has 2 aromatic rings. The Bertz CT molecular complexity index is 712. The zero-order valence-electron chi connectivity index (χ0n) is 17.7. The van der Waals surface area contributed by atoms with Gasteiger partial charge in [0.25, 0.3) is 0 Å². The van der Waals surface area contributed by atoms with Crippen molar-refractivity contribution in [2.24, 2.45) is 0 Å². The van der Waals surface area contributed by atoms with E-state index in [1.807, 2.05) is 13.8 Å². The molecule has 3 heteroatoms. The van der Waals surface area contributed by atoms with Crippen molar-refractivity contribution < 1.29 is 13.6 Å². The smallest absolute Gasteiger partial charge is 0.132 e. The Kier molecular flexibility index (Phi) is 6.54. The number of carbonyl (C=O) groups is 1. The van der Waals surface area contributed by atoms with Crippen molar-refractivity contribution in [3.8, 4) is 0 Å². The largest absolute Gasteiger partial charge is 0.466 e. The summed E-state index contributed by atoms with van der Waals surface area (Å²) in [5.74, 6) is 4.95. The average molecular weight is 359 g/mol. The predicted molar refractivity (Wildman–Crippen MR) is 106 cm³/mol. The Morgan fingerprint density at radius 1 is 0.692 bits per heavy atom. The molecule has 0 aliphatic carbocycles. The van der Waals surface area contributed by atoms with Crippen LogP contribution in [0.1, 0.15) is 96.7 Å². The highest BCUT2D eigenvalue weighted by atomic mass is 16.3. The number of aryl methyl sites for hydroxylation is 2. The lowest BCUT2D eigenvalue weighted by atomic mass is 9.93. The van der Waals surface area contributed by atoms with Gasteiger partial charge in [-0.25, -0.2) is 0 Å². The predicted octanol–water partition coefficient (Wildman–Crippen LogP) is 6.76. The maximum atomic E-state index is 12.4. The van der Waals surface area contributed by atoms with Gasteiger partial charge in [-0.3, -0.25) is 4.79 Å². The Labute approximate surface area is 158 Å². The second kappa shape index (κ2) is 8.28. The Balaban J connectivity index is 1.85. The van der Waals surface area contributed by atoms with Gasteiger partial charge < -0.3 is 8.83 Å². The molecule has 144 valence electrons. The summed E-state index contributed by atoms with van der Waals surface area (Å²) in [6.45, 7) is 16.7. The van der Waals surface area contributed by atoms with E-state index >= 15 is 0 Å². The molecule has 2 aromatic heterocycles. The lowest BCUT2D eigenvalue weighted by Crippen LogP contribution is -2.04. The number of ketones is 1. The third-order valence-electron chi connectivity index (χ3n) is 6.05. The van der Waals surface area contributed by atoms with E-state index in [0.29, 0.717) is 18.6 Å². The zero-order valence-corrected chi connectivity index (χ0v) is 17.7. The average Bonchev–Trinajstić information content (AvgIpc) is 3.02. The van der Waals surface area contributed by atoms with Crippen LogP contribution >= 0.6 is 0 Å². The van der Waals surface area contributed by atoms with Gasteiger partial charge in [-0.15, -0.1) is 0 Å². The van der Waals surface area contributed by atoms with Crippen molar-refractivity contribution in [1.82, 2.24) is 0 Å². The van der Waals surface area contributed by atoms with Gasteiger partial charge in [0.05, 0.1) is 0 Å². The molecule has 26 heavy (non-hydrogen) atoms. The third kappa shape index (κ3) is 4.31. The monoisotopic (exact) mass is 358 g/mol. The summed E-state index contributed by atoms with van der Waals surface area (Å²) in [7, 11) is 0. The fraction of sp³-hybridized carbons (Fsp3) is 0.609. The summed E-state index contributed by atoms with van der Waals surface area (Å²) in [4.78, 5) is 12.4. The molecule has 0 spiro atoms. The zero-order chi connectivity index (χ0) is 19.6. The number of rotatable bonds is 8. The van der Waals surface area contributed by atoms with Gasteiger partial charge in [0.15, 0.2) is 0 Å². The molecule has 2 atom stereocenters. The van der Waals surface area contributed by atoms with E-state index < -0.39 is 0 Å². The SMILES string of the molecule is Cc1oc(C(C)CCC(=O)CCC(C)c2oc(C)c(C)c2C)c(C)c1C. The summed E-state index contributed by atoms with van der Waals surface area (Å²) in [5.41, 5.74) is 4.92. The Hall–Kier alpha value is -1.77. The summed E-state index contributed by atoms with van der Waals surface area (Å²) in [6, 6.07) is 0. The van der Waals surface area contributed by atoms with E-state index in [4.69, 9.17) is 8.83 Å². The van der Waals surface area contributed by atoms with Crippen LogP contribution in [0.4, 0.5) is 0 Å². The van der Waals surface area contributed by atoms with Gasteiger partial charge in [-0.05, 0) is 76.6 Å². The molecule has 0 saturated heterocycles. The maximum Gasteiger partial charge on any atom is 0.132 e. The Morgan fingerprint density at radius 3 is 1.31 bits per heavy atom. The summed E-state index contributed by atoms with van der Waals surface area (Å²) in [5, 5.41) is 0. The molecule has 0 aliphatic rings. The lowest BCUT2D eigenvalue weighted by Gasteiger charge is -2.12. The van der Waals surface area contributed by atoms with Crippen molar-refractivity contribution >= 4 is 5.78 Å². The molecule has 2 heterocycles. The summed E-state index contributed by atoms with van der Waals surface area (Å²) >= 11 is 0. The molecule has 2 rings (SSSR count). The molecular formula is C23H34O3. The molecule has 0 amide bonds. The Morgan fingerprint density at radius 2 is 1.04 bits per heavy atom. The van der Waals surface area contributed by atoms with E-state index in [-0.39, 0.29) is 11.8 Å². The van der Waals surface area contributed by atoms with Crippen molar-refractivity contribution in [2.75, 3.05) is 0 Å². The molecule has 3 nitrogen and oxygen atoms in total. The molecular weight excluding hydrogens is 324 g/mol. The van der Waals surface area contributed by atoms with Crippen molar-refractivity contribution in [1.29, 1.82) is 0 Å². The van der Waals surface area contributed by atoms with Crippen LogP contribution in [0.3, 0.4) is 0 Å². The first-order valence-electron chi connectivity index (χ1n) is 9.78. The van der Waals surface area contributed by atoms with E-state index in [1.165, 1.54) is 22.3 Å². The minimum absolute atomic E-state index is 0.279. The standard InChI is InChI=1S/C23H34O3/c1-13(22-17(5)15(3)19(7)25-22)9-11-21(24)12-10-14(2)23-18(6)16(4)20(8)26-23/h13-14H,9-12H2,1-8H3. The molecule has 0 bridgehead atoms. The van der Waals surface area contributed by atoms with Gasteiger partial charge in [0.1, 0.15) is 28.8 Å². The van der Waals surface area contributed by atoms with Crippen molar-refractivity contribution in [2.45, 2.75) is 92.9 Å². The quantitative estimate of drug-likeness (QED) is 0.523. The lowest BCUT2D eigenvalue weighted by molar-refractivity contribution is -0.119. The van der Waals surface area contributed by atoms with E-state index in [1.54, 1.807) is 0 Å². The van der Waals surface area contributed by atoms with Gasteiger partial charge in [-0.1, -0.05) is 13.8 Å². The number of hydrogen-bond donors (Lipinski definition) is 0. The van der Waals surface area contributed by atoms with Crippen LogP contribution in [-0.2, 0) is 4.79 Å². The van der Waals surface area contributed by atoms with Crippen LogP contribution in [-0.4, -0.2) is 5.78 Å². The van der Waals surface area contributed by atoms with Crippen molar-refractivity contribution in [3.63, 3.8) is 0 Å². The molecule has 0 radical (unpaired) electrons. The van der Waals surface area contributed by atoms with Crippen LogP contribution in [0.5, 0.6) is 0 Å². The minimum atomic E-state index is 0.279. The first kappa shape index (κ1) is 20.5. The van der Waals surface area contributed by atoms with Crippen molar-refractivity contribution in [3.05, 3.63) is 45.3 Å². The summed E-state index contributed by atoms with van der Waals surface area (Å²) in [6.07, 6.45) is 2.92. The second-order valence-corrected chi connectivity index (χ2v) is 7.96. The van der Waals surface area contributed by atoms with Crippen LogP contribution in [0, 0.1) is 41.5 Å². The molecule has 0 aromatic carbocycles. The topological polar surface area (TPSA) is 43.4 Å². The minimum Gasteiger partial charge on any atom is -0.466 e. The van der Waals surface area contributed by atoms with Gasteiger partial charge in [0.2, 0.25) is 0 Å². The number of Topliss-reactive ketones (excluding diaryl/α,β-unsaturated/α-hetero) is 1. The number of hydrogen-bond acceptors (Lipinski definition) is 3. The molecule has 0 aliphatic heterocycles. The van der Waals surface area contributed by atoms with Crippen LogP contribution in [0.2, 0.25) is 0 Å². The number of furan rings is 2. The number of carbonyl (C=O) groups excluding carboxylic acids is 1. The van der Waals surface area contributed by atoms with Crippen LogP contribution in [0.25, 0.3) is 0 Å². The first-order chi connectivity index (χ1) is 12.1. The fourth-order valence-electron chi connectivity index (χ4n) is 3.62. The highest BCUT2D eigenvalue weighted by molar-refractivity contribution is 5.78. The van der Waals surface area contributed by atoms with Gasteiger partial charge >= 0.3 is 0 Å². The third-order valence-corrected chi connectivity index (χ3v) is 6.05. The normalized spacial score (nSPS) is 13.8. The first-order valence-corrected chi connectivity index (χ1v) is 9.78. The maximum absolute atomic E-state index is 12.4. The van der Waals surface area contributed by atoms with E-state index in [0.717, 1.165) is 35.9 Å². The summed E-state index contributed by atoms with van der Waals surface area (Å²) < 4.78 is 11.8. The molecule has 0 fully saturated rings. The van der Waals surface area contributed by atoms with E-state index in [9.17, 15) is 4.79 Å². The highest BCUT2D eigenvalue weighted by Crippen LogP contribution is 2.32. The van der Waals surface area contributed by atoms with Crippen LogP contribution < -0.4 is 0 Å². The second-order valence-electron chi connectivity index (χ2n) is 7.96. The molecule has 0 saturated carbocycles. The molecule has 0 N–H and O–H groups in total.